The van der Waals surface area contributed by atoms with Gasteiger partial charge in [0.15, 0.2) is 11.6 Å². The minimum Gasteiger partial charge on any atom is -0.368 e. The number of aromatic amines is 1. The van der Waals surface area contributed by atoms with Crippen LogP contribution in [0, 0.1) is 18.8 Å². The number of thiophene rings is 1. The minimum absolute atomic E-state index is 0.286. The van der Waals surface area contributed by atoms with E-state index in [4.69, 9.17) is 15.7 Å². The molecule has 28 heavy (non-hydrogen) atoms. The zero-order chi connectivity index (χ0) is 19.0. The summed E-state index contributed by atoms with van der Waals surface area (Å²) in [4.78, 5) is 24.8. The highest BCUT2D eigenvalue weighted by atomic mass is 32.1. The van der Waals surface area contributed by atoms with Crippen LogP contribution in [-0.4, -0.2) is 38.7 Å². The maximum Gasteiger partial charge on any atom is 0.240 e. The number of primary amides is 1. The summed E-state index contributed by atoms with van der Waals surface area (Å²) in [7, 11) is 0. The number of hydrogen-bond donors (Lipinski definition) is 3. The van der Waals surface area contributed by atoms with E-state index >= 15 is 0 Å². The van der Waals surface area contributed by atoms with Crippen LogP contribution in [0.5, 0.6) is 0 Å². The van der Waals surface area contributed by atoms with Crippen molar-refractivity contribution in [3.8, 4) is 0 Å². The second kappa shape index (κ2) is 5.66. The minimum atomic E-state index is -0.304. The predicted molar refractivity (Wildman–Crippen MR) is 108 cm³/mol. The zero-order valence-electron chi connectivity index (χ0n) is 15.5. The van der Waals surface area contributed by atoms with Crippen LogP contribution in [0.1, 0.15) is 35.8 Å². The molecule has 1 aliphatic heterocycles. The Morgan fingerprint density at radius 3 is 3.00 bits per heavy atom. The molecule has 3 aliphatic rings. The monoisotopic (exact) mass is 395 g/mol. The van der Waals surface area contributed by atoms with Crippen molar-refractivity contribution in [2.24, 2.45) is 17.6 Å². The molecule has 0 radical (unpaired) electrons. The molecule has 9 heteroatoms. The highest BCUT2D eigenvalue weighted by Gasteiger charge is 2.55. The Bertz CT molecular complexity index is 1100. The van der Waals surface area contributed by atoms with E-state index in [1.54, 1.807) is 11.3 Å². The number of rotatable bonds is 5. The summed E-state index contributed by atoms with van der Waals surface area (Å²) < 4.78 is 0.997. The zero-order valence-corrected chi connectivity index (χ0v) is 16.3. The van der Waals surface area contributed by atoms with Crippen molar-refractivity contribution >= 4 is 45.0 Å². The smallest absolute Gasteiger partial charge is 0.240 e. The van der Waals surface area contributed by atoms with Crippen LogP contribution in [0.15, 0.2) is 12.1 Å². The molecule has 3 fully saturated rings. The van der Waals surface area contributed by atoms with E-state index in [1.165, 1.54) is 23.4 Å². The number of amides is 1. The molecule has 0 aromatic carbocycles. The molecule has 4 N–H and O–H groups in total. The quantitative estimate of drug-likeness (QED) is 0.612. The molecular weight excluding hydrogens is 374 g/mol. The van der Waals surface area contributed by atoms with E-state index in [2.05, 4.69) is 34.6 Å². The van der Waals surface area contributed by atoms with Gasteiger partial charge in [0.05, 0.1) is 10.2 Å². The molecule has 3 aromatic rings. The first kappa shape index (κ1) is 16.3. The molecule has 1 amide bonds. The van der Waals surface area contributed by atoms with Crippen LogP contribution in [-0.2, 0) is 4.79 Å². The number of H-pyrrole nitrogens is 1. The normalized spacial score (nSPS) is 25.9. The highest BCUT2D eigenvalue weighted by molar-refractivity contribution is 7.19. The number of piperidine rings is 1. The van der Waals surface area contributed by atoms with Gasteiger partial charge >= 0.3 is 0 Å². The van der Waals surface area contributed by atoms with Gasteiger partial charge in [-0.2, -0.15) is 10.1 Å². The van der Waals surface area contributed by atoms with Crippen LogP contribution in [0.3, 0.4) is 0 Å². The SMILES string of the molecule is Cc1cc2nc(N3C[C@@H]4C[C@@H]4[C@H]3C(N)=O)nc(Nc3cc(C4CC4)[nH]n3)c2s1. The first-order valence-electron chi connectivity index (χ1n) is 9.73. The number of carbonyl (C=O) groups is 1. The Morgan fingerprint density at radius 1 is 1.36 bits per heavy atom. The van der Waals surface area contributed by atoms with Gasteiger partial charge in [-0.15, -0.1) is 11.3 Å². The van der Waals surface area contributed by atoms with E-state index < -0.39 is 0 Å². The lowest BCUT2D eigenvalue weighted by Gasteiger charge is -2.25. The fourth-order valence-corrected chi connectivity index (χ4v) is 5.31. The van der Waals surface area contributed by atoms with Crippen molar-refractivity contribution in [1.82, 2.24) is 20.2 Å². The van der Waals surface area contributed by atoms with Gasteiger partial charge in [-0.25, -0.2) is 4.98 Å². The van der Waals surface area contributed by atoms with Gasteiger partial charge in [0.1, 0.15) is 6.04 Å². The standard InChI is InChI=1S/C19H21N7OS/c1-8-4-13-16(28-8)18(22-14-6-12(24-25-14)9-2-3-9)23-19(21-13)26-7-10-5-11(10)15(26)17(20)27/h4,6,9-11,15H,2-3,5,7H2,1H3,(H2,20,27)(H2,21,22,23,24,25)/t10-,11-,15-/m0/s1. The van der Waals surface area contributed by atoms with Crippen LogP contribution >= 0.6 is 11.3 Å². The third-order valence-electron chi connectivity index (χ3n) is 6.04. The number of aromatic nitrogens is 4. The number of anilines is 3. The molecule has 0 bridgehead atoms. The molecule has 0 spiro atoms. The summed E-state index contributed by atoms with van der Waals surface area (Å²) in [6.07, 6.45) is 3.52. The molecule has 4 heterocycles. The van der Waals surface area contributed by atoms with Gasteiger partial charge in [0.25, 0.3) is 0 Å². The summed E-state index contributed by atoms with van der Waals surface area (Å²) in [6.45, 7) is 2.85. The van der Waals surface area contributed by atoms with Crippen LogP contribution in [0.2, 0.25) is 0 Å². The van der Waals surface area contributed by atoms with Gasteiger partial charge in [-0.1, -0.05) is 0 Å². The summed E-state index contributed by atoms with van der Waals surface area (Å²) in [6, 6.07) is 3.82. The highest BCUT2D eigenvalue weighted by Crippen LogP contribution is 2.50. The van der Waals surface area contributed by atoms with Crippen LogP contribution in [0.25, 0.3) is 10.2 Å². The van der Waals surface area contributed by atoms with Gasteiger partial charge in [0, 0.05) is 29.1 Å². The third kappa shape index (κ3) is 2.56. The lowest BCUT2D eigenvalue weighted by atomic mass is 10.2. The number of carbonyl (C=O) groups excluding carboxylic acids is 1. The average Bonchev–Trinajstić information content (AvgIpc) is 3.52. The van der Waals surface area contributed by atoms with Gasteiger partial charge < -0.3 is 16.0 Å². The molecule has 8 nitrogen and oxygen atoms in total. The van der Waals surface area contributed by atoms with Crippen LogP contribution in [0.4, 0.5) is 17.6 Å². The van der Waals surface area contributed by atoms with Crippen molar-refractivity contribution in [2.75, 3.05) is 16.8 Å². The van der Waals surface area contributed by atoms with E-state index in [-0.39, 0.29) is 11.9 Å². The summed E-state index contributed by atoms with van der Waals surface area (Å²) in [5.41, 5.74) is 7.75. The van der Waals surface area contributed by atoms with Gasteiger partial charge in [-0.3, -0.25) is 9.89 Å². The average molecular weight is 395 g/mol. The molecule has 3 atom stereocenters. The van der Waals surface area contributed by atoms with Crippen molar-refractivity contribution < 1.29 is 4.79 Å². The third-order valence-corrected chi connectivity index (χ3v) is 7.09. The Hall–Kier alpha value is -2.68. The Kier molecular flexibility index (Phi) is 3.30. The van der Waals surface area contributed by atoms with Crippen LogP contribution < -0.4 is 16.0 Å². The van der Waals surface area contributed by atoms with Crippen molar-refractivity contribution in [2.45, 2.75) is 38.1 Å². The van der Waals surface area contributed by atoms with E-state index in [1.807, 2.05) is 4.90 Å². The molecule has 0 unspecified atom stereocenters. The predicted octanol–water partition coefficient (Wildman–Crippen LogP) is 2.65. The number of nitrogens with one attached hydrogen (secondary N) is 2. The second-order valence-electron chi connectivity index (χ2n) is 8.21. The fourth-order valence-electron chi connectivity index (χ4n) is 4.41. The molecule has 144 valence electrons. The number of nitrogens with two attached hydrogens (primary N) is 1. The lowest BCUT2D eigenvalue weighted by Crippen LogP contribution is -2.44. The summed E-state index contributed by atoms with van der Waals surface area (Å²) in [5, 5.41) is 10.9. The Morgan fingerprint density at radius 2 is 2.21 bits per heavy atom. The molecular formula is C19H21N7OS. The van der Waals surface area contributed by atoms with E-state index in [0.29, 0.717) is 23.7 Å². The number of fused-ring (bicyclic) bond motifs is 2. The van der Waals surface area contributed by atoms with Gasteiger partial charge in [0.2, 0.25) is 11.9 Å². The first-order valence-corrected chi connectivity index (χ1v) is 10.5. The topological polar surface area (TPSA) is 113 Å². The Labute approximate surface area is 165 Å². The molecule has 6 rings (SSSR count). The lowest BCUT2D eigenvalue weighted by molar-refractivity contribution is -0.119. The summed E-state index contributed by atoms with van der Waals surface area (Å²) >= 11 is 1.66. The maximum absolute atomic E-state index is 12.0. The van der Waals surface area contributed by atoms with Crippen molar-refractivity contribution in [1.29, 1.82) is 0 Å². The van der Waals surface area contributed by atoms with Crippen molar-refractivity contribution in [3.63, 3.8) is 0 Å². The van der Waals surface area contributed by atoms with Crippen molar-refractivity contribution in [3.05, 3.63) is 22.7 Å². The molecule has 2 saturated carbocycles. The number of nitrogens with zero attached hydrogens (tertiary/aromatic N) is 4. The maximum atomic E-state index is 12.0. The van der Waals surface area contributed by atoms with E-state index in [0.717, 1.165) is 34.8 Å². The first-order chi connectivity index (χ1) is 13.6. The molecule has 2 aliphatic carbocycles. The Balaban J connectivity index is 1.40. The number of aryl methyl sites for hydroxylation is 1. The van der Waals surface area contributed by atoms with E-state index in [9.17, 15) is 4.79 Å². The largest absolute Gasteiger partial charge is 0.368 e. The van der Waals surface area contributed by atoms with Gasteiger partial charge in [-0.05, 0) is 44.1 Å². The number of hydrogen-bond acceptors (Lipinski definition) is 7. The fraction of sp³-hybridized carbons (Fsp3) is 0.474. The molecule has 1 saturated heterocycles. The molecule has 3 aromatic heterocycles. The second-order valence-corrected chi connectivity index (χ2v) is 9.47. The summed E-state index contributed by atoms with van der Waals surface area (Å²) in [5.74, 6) is 3.27.